The van der Waals surface area contributed by atoms with Crippen molar-refractivity contribution >= 4 is 22.5 Å². The van der Waals surface area contributed by atoms with E-state index in [0.717, 1.165) is 36.0 Å². The molecular formula is C30H32N4O3. The maximum atomic E-state index is 13.5. The number of nitrogens with one attached hydrogen (secondary N) is 2. The van der Waals surface area contributed by atoms with Gasteiger partial charge < -0.3 is 20.1 Å². The van der Waals surface area contributed by atoms with Crippen molar-refractivity contribution in [3.05, 3.63) is 90.5 Å². The van der Waals surface area contributed by atoms with Crippen molar-refractivity contribution in [1.29, 1.82) is 0 Å². The summed E-state index contributed by atoms with van der Waals surface area (Å²) < 4.78 is 10.9. The highest BCUT2D eigenvalue weighted by Gasteiger charge is 2.34. The van der Waals surface area contributed by atoms with E-state index in [1.807, 2.05) is 72.8 Å². The molecule has 5 rings (SSSR count). The van der Waals surface area contributed by atoms with E-state index in [2.05, 4.69) is 27.7 Å². The molecule has 2 amide bonds. The van der Waals surface area contributed by atoms with Gasteiger partial charge in [-0.15, -0.1) is 0 Å². The standard InChI is InChI=1S/C30H32N4O3/c1-36-18-17-34-19-25(21-11-5-3-6-12-21)26(20-34)31-30(35)33-28-23-15-9-10-16-24(23)29(37-2)32-27(28)22-13-7-4-8-14-22/h3-16,25-26H,17-20H2,1-2H3,(H2,31,33,35)/t25-,26+/m0/s1. The van der Waals surface area contributed by atoms with Gasteiger partial charge in [-0.3, -0.25) is 4.90 Å². The minimum atomic E-state index is -0.256. The average molecular weight is 497 g/mol. The Morgan fingerprint density at radius 3 is 2.30 bits per heavy atom. The Labute approximate surface area is 217 Å². The lowest BCUT2D eigenvalue weighted by Gasteiger charge is -2.22. The third kappa shape index (κ3) is 5.43. The lowest BCUT2D eigenvalue weighted by molar-refractivity contribution is 0.159. The topological polar surface area (TPSA) is 75.7 Å². The first kappa shape index (κ1) is 24.7. The largest absolute Gasteiger partial charge is 0.481 e. The number of aromatic nitrogens is 1. The molecule has 7 nitrogen and oxygen atoms in total. The molecule has 2 N–H and O–H groups in total. The molecule has 1 saturated heterocycles. The number of anilines is 1. The summed E-state index contributed by atoms with van der Waals surface area (Å²) in [6.07, 6.45) is 0. The second kappa shape index (κ2) is 11.4. The summed E-state index contributed by atoms with van der Waals surface area (Å²) in [5, 5.41) is 8.12. The van der Waals surface area contributed by atoms with Crippen molar-refractivity contribution in [3.63, 3.8) is 0 Å². The number of carbonyl (C=O) groups is 1. The molecule has 0 saturated carbocycles. The quantitative estimate of drug-likeness (QED) is 0.353. The zero-order chi connectivity index (χ0) is 25.6. The maximum absolute atomic E-state index is 13.5. The fraction of sp³-hybridized carbons (Fsp3) is 0.267. The molecule has 37 heavy (non-hydrogen) atoms. The predicted molar refractivity (Wildman–Crippen MR) is 147 cm³/mol. The molecule has 0 spiro atoms. The number of fused-ring (bicyclic) bond motifs is 1. The zero-order valence-corrected chi connectivity index (χ0v) is 21.2. The zero-order valence-electron chi connectivity index (χ0n) is 21.2. The van der Waals surface area contributed by atoms with E-state index in [9.17, 15) is 4.79 Å². The smallest absolute Gasteiger partial charge is 0.319 e. The Morgan fingerprint density at radius 2 is 1.59 bits per heavy atom. The first-order valence-electron chi connectivity index (χ1n) is 12.5. The van der Waals surface area contributed by atoms with Gasteiger partial charge in [0.25, 0.3) is 0 Å². The van der Waals surface area contributed by atoms with Gasteiger partial charge in [-0.1, -0.05) is 78.9 Å². The van der Waals surface area contributed by atoms with E-state index >= 15 is 0 Å². The molecule has 0 radical (unpaired) electrons. The van der Waals surface area contributed by atoms with Crippen LogP contribution in [0.25, 0.3) is 22.0 Å². The molecule has 190 valence electrons. The fourth-order valence-corrected chi connectivity index (χ4v) is 5.11. The molecule has 1 aliphatic rings. The lowest BCUT2D eigenvalue weighted by atomic mass is 9.94. The number of ether oxygens (including phenoxy) is 2. The number of amides is 2. The second-order valence-corrected chi connectivity index (χ2v) is 9.23. The number of carbonyl (C=O) groups excluding carboxylic acids is 1. The highest BCUT2D eigenvalue weighted by Crippen LogP contribution is 2.37. The van der Waals surface area contributed by atoms with Crippen LogP contribution in [0.3, 0.4) is 0 Å². The first-order valence-corrected chi connectivity index (χ1v) is 12.5. The van der Waals surface area contributed by atoms with Crippen LogP contribution in [0.2, 0.25) is 0 Å². The average Bonchev–Trinajstić information content (AvgIpc) is 3.35. The number of pyridine rings is 1. The summed E-state index contributed by atoms with van der Waals surface area (Å²) in [7, 11) is 3.33. The van der Waals surface area contributed by atoms with Gasteiger partial charge in [0.2, 0.25) is 5.88 Å². The number of hydrogen-bond donors (Lipinski definition) is 2. The normalized spacial score (nSPS) is 17.6. The summed E-state index contributed by atoms with van der Waals surface area (Å²) in [5.41, 5.74) is 3.44. The van der Waals surface area contributed by atoms with Crippen LogP contribution in [0.4, 0.5) is 10.5 Å². The molecule has 0 unspecified atom stereocenters. The molecule has 4 aromatic rings. The van der Waals surface area contributed by atoms with Crippen LogP contribution >= 0.6 is 0 Å². The number of likely N-dealkylation sites (tertiary alicyclic amines) is 1. The van der Waals surface area contributed by atoms with Crippen LogP contribution in [0.1, 0.15) is 11.5 Å². The molecule has 0 aliphatic carbocycles. The summed E-state index contributed by atoms with van der Waals surface area (Å²) in [5.74, 6) is 0.706. The van der Waals surface area contributed by atoms with Crippen molar-refractivity contribution in [2.24, 2.45) is 0 Å². The maximum Gasteiger partial charge on any atom is 0.319 e. The third-order valence-electron chi connectivity index (χ3n) is 6.91. The molecule has 3 aromatic carbocycles. The monoisotopic (exact) mass is 496 g/mol. The van der Waals surface area contributed by atoms with Gasteiger partial charge in [-0.05, 0) is 11.6 Å². The highest BCUT2D eigenvalue weighted by molar-refractivity contribution is 6.08. The lowest BCUT2D eigenvalue weighted by Crippen LogP contribution is -2.42. The van der Waals surface area contributed by atoms with Crippen LogP contribution in [0.15, 0.2) is 84.9 Å². The van der Waals surface area contributed by atoms with Gasteiger partial charge >= 0.3 is 6.03 Å². The Balaban J connectivity index is 1.46. The summed E-state index contributed by atoms with van der Waals surface area (Å²) in [4.78, 5) is 20.7. The van der Waals surface area contributed by atoms with Crippen molar-refractivity contribution < 1.29 is 14.3 Å². The van der Waals surface area contributed by atoms with Crippen molar-refractivity contribution in [2.75, 3.05) is 45.8 Å². The summed E-state index contributed by atoms with van der Waals surface area (Å²) in [6, 6.07) is 27.7. The Hall–Kier alpha value is -3.94. The fourth-order valence-electron chi connectivity index (χ4n) is 5.11. The number of urea groups is 1. The van der Waals surface area contributed by atoms with E-state index in [1.165, 1.54) is 5.56 Å². The predicted octanol–water partition coefficient (Wildman–Crippen LogP) is 5.15. The van der Waals surface area contributed by atoms with Crippen molar-refractivity contribution in [1.82, 2.24) is 15.2 Å². The van der Waals surface area contributed by atoms with E-state index in [1.54, 1.807) is 14.2 Å². The summed E-state index contributed by atoms with van der Waals surface area (Å²) >= 11 is 0. The second-order valence-electron chi connectivity index (χ2n) is 9.23. The molecule has 7 heteroatoms. The first-order chi connectivity index (χ1) is 18.2. The summed E-state index contributed by atoms with van der Waals surface area (Å²) in [6.45, 7) is 3.10. The number of hydrogen-bond acceptors (Lipinski definition) is 5. The van der Waals surface area contributed by atoms with Gasteiger partial charge in [-0.2, -0.15) is 0 Å². The van der Waals surface area contributed by atoms with E-state index in [4.69, 9.17) is 14.5 Å². The molecule has 1 fully saturated rings. The van der Waals surface area contributed by atoms with Crippen LogP contribution in [0.5, 0.6) is 5.88 Å². The van der Waals surface area contributed by atoms with Crippen LogP contribution < -0.4 is 15.4 Å². The van der Waals surface area contributed by atoms with E-state index < -0.39 is 0 Å². The highest BCUT2D eigenvalue weighted by atomic mass is 16.5. The van der Waals surface area contributed by atoms with Gasteiger partial charge in [0.1, 0.15) is 0 Å². The third-order valence-corrected chi connectivity index (χ3v) is 6.91. The van der Waals surface area contributed by atoms with Gasteiger partial charge in [-0.25, -0.2) is 9.78 Å². The van der Waals surface area contributed by atoms with Crippen LogP contribution in [-0.2, 0) is 4.74 Å². The minimum absolute atomic E-state index is 0.0445. The Morgan fingerprint density at radius 1 is 0.919 bits per heavy atom. The van der Waals surface area contributed by atoms with Crippen molar-refractivity contribution in [3.8, 4) is 17.1 Å². The van der Waals surface area contributed by atoms with E-state index in [-0.39, 0.29) is 18.0 Å². The molecular weight excluding hydrogens is 464 g/mol. The Kier molecular flexibility index (Phi) is 7.63. The Bertz CT molecular complexity index is 1350. The van der Waals surface area contributed by atoms with Gasteiger partial charge in [0, 0.05) is 49.0 Å². The molecule has 2 atom stereocenters. The number of benzene rings is 3. The number of methoxy groups -OCH3 is 2. The van der Waals surface area contributed by atoms with Crippen LogP contribution in [0, 0.1) is 0 Å². The molecule has 1 aliphatic heterocycles. The van der Waals surface area contributed by atoms with Gasteiger partial charge in [0.05, 0.1) is 31.1 Å². The SMILES string of the molecule is COCCN1C[C@@H](NC(=O)Nc2c(-c3ccccc3)nc(OC)c3ccccc23)[C@H](c2ccccc2)C1. The number of rotatable bonds is 8. The van der Waals surface area contributed by atoms with Gasteiger partial charge in [0.15, 0.2) is 0 Å². The molecule has 1 aromatic heterocycles. The van der Waals surface area contributed by atoms with E-state index in [0.29, 0.717) is 23.9 Å². The molecule has 2 heterocycles. The number of nitrogens with zero attached hydrogens (tertiary/aromatic N) is 2. The van der Waals surface area contributed by atoms with Crippen LogP contribution in [-0.4, -0.2) is 62.4 Å². The van der Waals surface area contributed by atoms with Crippen molar-refractivity contribution in [2.45, 2.75) is 12.0 Å². The minimum Gasteiger partial charge on any atom is -0.481 e. The molecule has 0 bridgehead atoms.